The molecule has 0 radical (unpaired) electrons. The van der Waals surface area contributed by atoms with Gasteiger partial charge in [-0.15, -0.1) is 11.3 Å². The second-order valence-corrected chi connectivity index (χ2v) is 6.82. The molecule has 0 bridgehead atoms. The van der Waals surface area contributed by atoms with Crippen LogP contribution in [0.4, 0.5) is 0 Å². The normalized spacial score (nSPS) is 14.0. The summed E-state index contributed by atoms with van der Waals surface area (Å²) in [6.45, 7) is 9.26. The highest BCUT2D eigenvalue weighted by Gasteiger charge is 2.28. The average molecular weight is 282 g/mol. The van der Waals surface area contributed by atoms with E-state index >= 15 is 0 Å². The van der Waals surface area contributed by atoms with Crippen molar-refractivity contribution in [3.8, 4) is 0 Å². The summed E-state index contributed by atoms with van der Waals surface area (Å²) in [5, 5.41) is 5.55. The molecule has 0 fully saturated rings. The highest BCUT2D eigenvalue weighted by atomic mass is 32.1. The van der Waals surface area contributed by atoms with Crippen LogP contribution in [0.15, 0.2) is 17.5 Å². The first-order valence-corrected chi connectivity index (χ1v) is 8.32. The fourth-order valence-electron chi connectivity index (χ4n) is 2.72. The van der Waals surface area contributed by atoms with E-state index in [1.165, 1.54) is 24.3 Å². The minimum absolute atomic E-state index is 0.410. The Morgan fingerprint density at radius 3 is 2.53 bits per heavy atom. The van der Waals surface area contributed by atoms with Crippen molar-refractivity contribution in [2.75, 3.05) is 27.2 Å². The smallest absolute Gasteiger partial charge is 0.0112 e. The molecule has 1 unspecified atom stereocenters. The zero-order valence-corrected chi connectivity index (χ0v) is 14.0. The molecule has 0 saturated carbocycles. The summed E-state index contributed by atoms with van der Waals surface area (Å²) in [5.41, 5.74) is 0.410. The number of nitrogens with zero attached hydrogens (tertiary/aromatic N) is 1. The van der Waals surface area contributed by atoms with E-state index in [-0.39, 0.29) is 0 Å². The lowest BCUT2D eigenvalue weighted by atomic mass is 9.81. The van der Waals surface area contributed by atoms with Crippen molar-refractivity contribution in [2.45, 2.75) is 46.1 Å². The molecule has 0 aliphatic heterocycles. The molecule has 0 spiro atoms. The standard InChI is InChI=1S/C16H30N2S/c1-6-16(7-2,12-17-4)13-18(5)14(3)11-15-9-8-10-19-15/h8-10,14,17H,6-7,11-13H2,1-5H3. The molecule has 0 aliphatic rings. The fourth-order valence-corrected chi connectivity index (χ4v) is 3.54. The molecule has 1 heterocycles. The molecule has 1 aromatic rings. The van der Waals surface area contributed by atoms with Crippen molar-refractivity contribution in [1.82, 2.24) is 10.2 Å². The summed E-state index contributed by atoms with van der Waals surface area (Å²) >= 11 is 1.87. The fraction of sp³-hybridized carbons (Fsp3) is 0.750. The Morgan fingerprint density at radius 1 is 1.37 bits per heavy atom. The van der Waals surface area contributed by atoms with Gasteiger partial charge in [0.25, 0.3) is 0 Å². The van der Waals surface area contributed by atoms with E-state index in [4.69, 9.17) is 0 Å². The Hall–Kier alpha value is -0.380. The molecule has 110 valence electrons. The van der Waals surface area contributed by atoms with Crippen molar-refractivity contribution in [3.05, 3.63) is 22.4 Å². The van der Waals surface area contributed by atoms with Crippen LogP contribution < -0.4 is 5.32 Å². The van der Waals surface area contributed by atoms with E-state index in [2.05, 4.69) is 62.6 Å². The zero-order valence-electron chi connectivity index (χ0n) is 13.2. The van der Waals surface area contributed by atoms with Gasteiger partial charge in [0.15, 0.2) is 0 Å². The van der Waals surface area contributed by atoms with Crippen molar-refractivity contribution < 1.29 is 0 Å². The first kappa shape index (κ1) is 16.7. The third kappa shape index (κ3) is 4.90. The van der Waals surface area contributed by atoms with Crippen LogP contribution >= 0.6 is 11.3 Å². The van der Waals surface area contributed by atoms with E-state index < -0.39 is 0 Å². The Kier molecular flexibility index (Phi) is 7.05. The molecule has 0 amide bonds. The number of thiophene rings is 1. The summed E-state index contributed by atoms with van der Waals surface area (Å²) in [6.07, 6.45) is 3.64. The summed E-state index contributed by atoms with van der Waals surface area (Å²) in [7, 11) is 4.34. The van der Waals surface area contributed by atoms with Gasteiger partial charge in [-0.3, -0.25) is 0 Å². The maximum Gasteiger partial charge on any atom is 0.0112 e. The lowest BCUT2D eigenvalue weighted by molar-refractivity contribution is 0.129. The van der Waals surface area contributed by atoms with Crippen LogP contribution in [0.3, 0.4) is 0 Å². The van der Waals surface area contributed by atoms with Crippen LogP contribution in [-0.4, -0.2) is 38.1 Å². The molecule has 3 heteroatoms. The number of hydrogen-bond donors (Lipinski definition) is 1. The van der Waals surface area contributed by atoms with Gasteiger partial charge < -0.3 is 10.2 Å². The van der Waals surface area contributed by atoms with Crippen molar-refractivity contribution in [3.63, 3.8) is 0 Å². The minimum atomic E-state index is 0.410. The van der Waals surface area contributed by atoms with Crippen molar-refractivity contribution in [2.24, 2.45) is 5.41 Å². The second-order valence-electron chi connectivity index (χ2n) is 5.79. The molecular formula is C16H30N2S. The van der Waals surface area contributed by atoms with Crippen molar-refractivity contribution in [1.29, 1.82) is 0 Å². The van der Waals surface area contributed by atoms with E-state index in [0.29, 0.717) is 11.5 Å². The van der Waals surface area contributed by atoms with Crippen LogP contribution in [0.25, 0.3) is 0 Å². The van der Waals surface area contributed by atoms with Gasteiger partial charge in [-0.2, -0.15) is 0 Å². The molecule has 1 aromatic heterocycles. The van der Waals surface area contributed by atoms with Gasteiger partial charge in [-0.05, 0) is 57.1 Å². The molecule has 1 N–H and O–H groups in total. The third-order valence-electron chi connectivity index (χ3n) is 4.47. The monoisotopic (exact) mass is 282 g/mol. The van der Waals surface area contributed by atoms with E-state index in [9.17, 15) is 0 Å². The van der Waals surface area contributed by atoms with Gasteiger partial charge in [-0.25, -0.2) is 0 Å². The SMILES string of the molecule is CCC(CC)(CNC)CN(C)C(C)Cc1cccs1. The Morgan fingerprint density at radius 2 is 2.05 bits per heavy atom. The minimum Gasteiger partial charge on any atom is -0.319 e. The van der Waals surface area contributed by atoms with Crippen LogP contribution in [-0.2, 0) is 6.42 Å². The molecule has 0 aliphatic carbocycles. The summed E-state index contributed by atoms with van der Waals surface area (Å²) < 4.78 is 0. The van der Waals surface area contributed by atoms with Crippen LogP contribution in [0, 0.1) is 5.41 Å². The van der Waals surface area contributed by atoms with Gasteiger partial charge in [0.1, 0.15) is 0 Å². The quantitative estimate of drug-likeness (QED) is 0.744. The van der Waals surface area contributed by atoms with Gasteiger partial charge in [0, 0.05) is 24.0 Å². The summed E-state index contributed by atoms with van der Waals surface area (Å²) in [6, 6.07) is 5.00. The molecule has 1 rings (SSSR count). The van der Waals surface area contributed by atoms with Gasteiger partial charge in [-0.1, -0.05) is 19.9 Å². The topological polar surface area (TPSA) is 15.3 Å². The Balaban J connectivity index is 2.57. The van der Waals surface area contributed by atoms with Gasteiger partial charge in [0.2, 0.25) is 0 Å². The molecular weight excluding hydrogens is 252 g/mol. The largest absolute Gasteiger partial charge is 0.319 e. The van der Waals surface area contributed by atoms with E-state index in [1.54, 1.807) is 0 Å². The van der Waals surface area contributed by atoms with Gasteiger partial charge in [0.05, 0.1) is 0 Å². The molecule has 2 nitrogen and oxygen atoms in total. The number of hydrogen-bond acceptors (Lipinski definition) is 3. The predicted molar refractivity (Wildman–Crippen MR) is 87.1 cm³/mol. The van der Waals surface area contributed by atoms with Crippen LogP contribution in [0.1, 0.15) is 38.5 Å². The highest BCUT2D eigenvalue weighted by molar-refractivity contribution is 7.09. The predicted octanol–water partition coefficient (Wildman–Crippen LogP) is 3.64. The summed E-state index contributed by atoms with van der Waals surface area (Å²) in [4.78, 5) is 4.02. The maximum absolute atomic E-state index is 3.38. The lowest BCUT2D eigenvalue weighted by Crippen LogP contribution is -2.44. The summed E-state index contributed by atoms with van der Waals surface area (Å²) in [5.74, 6) is 0. The second kappa shape index (κ2) is 8.03. The Labute approximate surface area is 123 Å². The first-order chi connectivity index (χ1) is 9.06. The van der Waals surface area contributed by atoms with E-state index in [1.807, 2.05) is 11.3 Å². The maximum atomic E-state index is 3.38. The number of rotatable bonds is 9. The van der Waals surface area contributed by atoms with Crippen LogP contribution in [0.2, 0.25) is 0 Å². The molecule has 19 heavy (non-hydrogen) atoms. The molecule has 0 saturated heterocycles. The lowest BCUT2D eigenvalue weighted by Gasteiger charge is -2.38. The van der Waals surface area contributed by atoms with Crippen molar-refractivity contribution >= 4 is 11.3 Å². The number of likely N-dealkylation sites (N-methyl/N-ethyl adjacent to an activating group) is 1. The van der Waals surface area contributed by atoms with Crippen LogP contribution in [0.5, 0.6) is 0 Å². The average Bonchev–Trinajstić information content (AvgIpc) is 2.90. The van der Waals surface area contributed by atoms with Gasteiger partial charge >= 0.3 is 0 Å². The molecule has 0 aromatic carbocycles. The third-order valence-corrected chi connectivity index (χ3v) is 5.36. The van der Waals surface area contributed by atoms with E-state index in [0.717, 1.165) is 13.0 Å². The highest BCUT2D eigenvalue weighted by Crippen LogP contribution is 2.27. The Bertz CT molecular complexity index is 331. The number of nitrogens with one attached hydrogen (secondary N) is 1. The first-order valence-electron chi connectivity index (χ1n) is 7.44. The zero-order chi connectivity index (χ0) is 14.3. The molecule has 1 atom stereocenters.